The lowest BCUT2D eigenvalue weighted by Gasteiger charge is -2.29. The topological polar surface area (TPSA) is 70.1 Å². The Hall–Kier alpha value is -3.38. The molecule has 3 rings (SSSR count). The van der Waals surface area contributed by atoms with Crippen LogP contribution < -0.4 is 4.74 Å². The molecule has 0 saturated heterocycles. The summed E-state index contributed by atoms with van der Waals surface area (Å²) >= 11 is 0. The standard InChI is InChI=1S/C28H34N2O4/c1-5-29(6-2)18-19-30-26(22-13-15-23(16-14-22)34-20(3)4)25(27(32)28(30)33)24(31)17-12-21-10-8-7-9-11-21/h7-17,20,26,32H,5-6,18-19H2,1-4H3/b17-12+. The monoisotopic (exact) mass is 462 g/mol. The van der Waals surface area contributed by atoms with Gasteiger partial charge in [-0.05, 0) is 56.3 Å². The molecule has 0 aromatic heterocycles. The van der Waals surface area contributed by atoms with Crippen LogP contribution in [0.1, 0.15) is 44.9 Å². The third-order valence-electron chi connectivity index (χ3n) is 5.92. The van der Waals surface area contributed by atoms with E-state index in [1.54, 1.807) is 11.0 Å². The van der Waals surface area contributed by atoms with Gasteiger partial charge in [0.15, 0.2) is 11.5 Å². The maximum absolute atomic E-state index is 13.2. The zero-order valence-corrected chi connectivity index (χ0v) is 20.4. The summed E-state index contributed by atoms with van der Waals surface area (Å²) in [5.41, 5.74) is 1.73. The molecule has 2 aromatic rings. The average Bonchev–Trinajstić information content (AvgIpc) is 3.09. The summed E-state index contributed by atoms with van der Waals surface area (Å²) < 4.78 is 5.74. The van der Waals surface area contributed by atoms with Gasteiger partial charge in [0, 0.05) is 13.1 Å². The van der Waals surface area contributed by atoms with E-state index in [-0.39, 0.29) is 17.5 Å². The highest BCUT2D eigenvalue weighted by molar-refractivity contribution is 6.14. The summed E-state index contributed by atoms with van der Waals surface area (Å²) in [6, 6.07) is 16.2. The molecule has 0 aliphatic carbocycles. The second kappa shape index (κ2) is 11.7. The van der Waals surface area contributed by atoms with Crippen LogP contribution in [0, 0.1) is 0 Å². The Labute approximate surface area is 202 Å². The normalized spacial score (nSPS) is 16.4. The molecule has 1 unspecified atom stereocenters. The Morgan fingerprint density at radius 2 is 1.74 bits per heavy atom. The molecule has 1 atom stereocenters. The van der Waals surface area contributed by atoms with Gasteiger partial charge >= 0.3 is 0 Å². The molecule has 2 aromatic carbocycles. The van der Waals surface area contributed by atoms with Gasteiger partial charge in [-0.3, -0.25) is 9.59 Å². The summed E-state index contributed by atoms with van der Waals surface area (Å²) in [5.74, 6) is -0.666. The fourth-order valence-corrected chi connectivity index (χ4v) is 4.10. The van der Waals surface area contributed by atoms with Crippen LogP contribution in [0.3, 0.4) is 0 Å². The number of allylic oxidation sites excluding steroid dienone is 1. The van der Waals surface area contributed by atoms with Crippen molar-refractivity contribution in [2.75, 3.05) is 26.2 Å². The molecule has 0 radical (unpaired) electrons. The molecule has 6 nitrogen and oxygen atoms in total. The molecule has 0 spiro atoms. The first-order chi connectivity index (χ1) is 16.3. The van der Waals surface area contributed by atoms with Crippen LogP contribution in [0.25, 0.3) is 6.08 Å². The first kappa shape index (κ1) is 25.2. The van der Waals surface area contributed by atoms with Gasteiger partial charge in [-0.2, -0.15) is 0 Å². The SMILES string of the molecule is CCN(CC)CCN1C(=O)C(O)=C(C(=O)/C=C/c2ccccc2)C1c1ccc(OC(C)C)cc1. The van der Waals surface area contributed by atoms with Crippen LogP contribution in [0.4, 0.5) is 0 Å². The van der Waals surface area contributed by atoms with E-state index >= 15 is 0 Å². The Kier molecular flexibility index (Phi) is 8.66. The lowest BCUT2D eigenvalue weighted by molar-refractivity contribution is -0.129. The minimum atomic E-state index is -0.663. The number of hydrogen-bond acceptors (Lipinski definition) is 5. The summed E-state index contributed by atoms with van der Waals surface area (Å²) in [6.45, 7) is 10.8. The van der Waals surface area contributed by atoms with Gasteiger partial charge in [0.2, 0.25) is 0 Å². The van der Waals surface area contributed by atoms with Crippen LogP contribution in [0.5, 0.6) is 5.75 Å². The zero-order valence-electron chi connectivity index (χ0n) is 20.4. The van der Waals surface area contributed by atoms with Gasteiger partial charge in [-0.1, -0.05) is 62.4 Å². The molecule has 34 heavy (non-hydrogen) atoms. The number of rotatable bonds is 11. The summed E-state index contributed by atoms with van der Waals surface area (Å²) in [6.07, 6.45) is 3.15. The molecule has 1 aliphatic rings. The number of carbonyl (C=O) groups is 2. The van der Waals surface area contributed by atoms with E-state index in [1.807, 2.05) is 68.4 Å². The van der Waals surface area contributed by atoms with Crippen molar-refractivity contribution in [3.8, 4) is 5.75 Å². The lowest BCUT2D eigenvalue weighted by Crippen LogP contribution is -2.38. The maximum atomic E-state index is 13.2. The van der Waals surface area contributed by atoms with Gasteiger partial charge in [0.05, 0.1) is 17.7 Å². The van der Waals surface area contributed by atoms with Crippen molar-refractivity contribution in [2.45, 2.75) is 39.8 Å². The van der Waals surface area contributed by atoms with Gasteiger partial charge in [-0.25, -0.2) is 0 Å². The number of ketones is 1. The van der Waals surface area contributed by atoms with Crippen molar-refractivity contribution in [3.05, 3.63) is 83.1 Å². The molecule has 0 saturated carbocycles. The van der Waals surface area contributed by atoms with Gasteiger partial charge < -0.3 is 19.6 Å². The van der Waals surface area contributed by atoms with Crippen molar-refractivity contribution in [2.24, 2.45) is 0 Å². The van der Waals surface area contributed by atoms with Crippen LogP contribution in [-0.4, -0.2) is 58.9 Å². The Morgan fingerprint density at radius 1 is 1.09 bits per heavy atom. The number of nitrogens with zero attached hydrogens (tertiary/aromatic N) is 2. The predicted molar refractivity (Wildman–Crippen MR) is 135 cm³/mol. The molecule has 1 heterocycles. The van der Waals surface area contributed by atoms with Crippen LogP contribution in [0.2, 0.25) is 0 Å². The van der Waals surface area contributed by atoms with Crippen LogP contribution in [0.15, 0.2) is 72.0 Å². The lowest BCUT2D eigenvalue weighted by atomic mass is 9.95. The van der Waals surface area contributed by atoms with E-state index in [4.69, 9.17) is 4.74 Å². The highest BCUT2D eigenvalue weighted by atomic mass is 16.5. The van der Waals surface area contributed by atoms with Crippen LogP contribution >= 0.6 is 0 Å². The van der Waals surface area contributed by atoms with E-state index in [2.05, 4.69) is 18.7 Å². The van der Waals surface area contributed by atoms with Crippen molar-refractivity contribution in [3.63, 3.8) is 0 Å². The number of carbonyl (C=O) groups excluding carboxylic acids is 2. The van der Waals surface area contributed by atoms with Crippen molar-refractivity contribution >= 4 is 17.8 Å². The highest BCUT2D eigenvalue weighted by Crippen LogP contribution is 2.38. The Balaban J connectivity index is 1.94. The third kappa shape index (κ3) is 5.94. The van der Waals surface area contributed by atoms with Crippen molar-refractivity contribution in [1.82, 2.24) is 9.80 Å². The first-order valence-electron chi connectivity index (χ1n) is 11.9. The number of aliphatic hydroxyl groups is 1. The van der Waals surface area contributed by atoms with Gasteiger partial charge in [-0.15, -0.1) is 0 Å². The molecule has 1 aliphatic heterocycles. The van der Waals surface area contributed by atoms with E-state index in [9.17, 15) is 14.7 Å². The highest BCUT2D eigenvalue weighted by Gasteiger charge is 2.42. The Bertz CT molecular complexity index is 1040. The number of amides is 1. The summed E-state index contributed by atoms with van der Waals surface area (Å²) in [4.78, 5) is 30.1. The molecular formula is C28H34N2O4. The van der Waals surface area contributed by atoms with E-state index in [0.29, 0.717) is 18.8 Å². The largest absolute Gasteiger partial charge is 0.503 e. The summed E-state index contributed by atoms with van der Waals surface area (Å²) in [7, 11) is 0. The third-order valence-corrected chi connectivity index (χ3v) is 5.92. The fourth-order valence-electron chi connectivity index (χ4n) is 4.10. The zero-order chi connectivity index (χ0) is 24.7. The predicted octanol–water partition coefficient (Wildman–Crippen LogP) is 4.79. The van der Waals surface area contributed by atoms with E-state index in [1.165, 1.54) is 6.08 Å². The number of aliphatic hydroxyl groups excluding tert-OH is 1. The minimum Gasteiger partial charge on any atom is -0.503 e. The number of likely N-dealkylation sites (N-methyl/N-ethyl adjacent to an activating group) is 1. The minimum absolute atomic E-state index is 0.0358. The molecule has 0 fully saturated rings. The molecule has 0 bridgehead atoms. The van der Waals surface area contributed by atoms with E-state index < -0.39 is 17.7 Å². The molecule has 6 heteroatoms. The number of benzene rings is 2. The second-order valence-electron chi connectivity index (χ2n) is 8.53. The Morgan fingerprint density at radius 3 is 2.32 bits per heavy atom. The van der Waals surface area contributed by atoms with E-state index in [0.717, 1.165) is 24.2 Å². The molecule has 1 amide bonds. The van der Waals surface area contributed by atoms with Crippen molar-refractivity contribution in [1.29, 1.82) is 0 Å². The molecular weight excluding hydrogens is 428 g/mol. The summed E-state index contributed by atoms with van der Waals surface area (Å²) in [5, 5.41) is 10.8. The number of ether oxygens (including phenoxy) is 1. The number of hydrogen-bond donors (Lipinski definition) is 1. The molecule has 180 valence electrons. The smallest absolute Gasteiger partial charge is 0.290 e. The average molecular weight is 463 g/mol. The first-order valence-corrected chi connectivity index (χ1v) is 11.9. The maximum Gasteiger partial charge on any atom is 0.290 e. The van der Waals surface area contributed by atoms with Crippen molar-refractivity contribution < 1.29 is 19.4 Å². The van der Waals surface area contributed by atoms with Crippen LogP contribution in [-0.2, 0) is 9.59 Å². The van der Waals surface area contributed by atoms with Gasteiger partial charge in [0.1, 0.15) is 5.75 Å². The van der Waals surface area contributed by atoms with Gasteiger partial charge in [0.25, 0.3) is 5.91 Å². The fraction of sp³-hybridized carbons (Fsp3) is 0.357. The second-order valence-corrected chi connectivity index (χ2v) is 8.53. The quantitative estimate of drug-likeness (QED) is 0.486. The molecule has 1 N–H and O–H groups in total.